The van der Waals surface area contributed by atoms with E-state index in [-0.39, 0.29) is 82.7 Å². The van der Waals surface area contributed by atoms with E-state index in [0.717, 1.165) is 17.2 Å². The highest BCUT2D eigenvalue weighted by molar-refractivity contribution is 7.86. The molecule has 0 bridgehead atoms. The van der Waals surface area contributed by atoms with Gasteiger partial charge in [-0.2, -0.15) is 37.0 Å². The predicted molar refractivity (Wildman–Crippen MR) is 260 cm³/mol. The van der Waals surface area contributed by atoms with Gasteiger partial charge in [-0.15, -0.1) is 10.2 Å². The van der Waals surface area contributed by atoms with Crippen LogP contribution in [-0.2, 0) is 46.1 Å². The first-order valence-electron chi connectivity index (χ1n) is 21.3. The van der Waals surface area contributed by atoms with Gasteiger partial charge in [-0.05, 0) is 85.0 Å². The van der Waals surface area contributed by atoms with E-state index in [1.807, 2.05) is 6.92 Å². The number of aromatic carboxylic acids is 1. The number of anilines is 1. The normalized spacial score (nSPS) is 11.9. The summed E-state index contributed by atoms with van der Waals surface area (Å²) in [5.41, 5.74) is 3.74. The number of carbonyl (C=O) groups is 1. The number of benzene rings is 5. The summed E-state index contributed by atoms with van der Waals surface area (Å²) in [6, 6.07) is 23.4. The maximum Gasteiger partial charge on any atom is 0.335 e. The first-order valence-corrected chi connectivity index (χ1v) is 25.1. The first kappa shape index (κ1) is 52.7. The zero-order valence-corrected chi connectivity index (χ0v) is 40.6. The van der Waals surface area contributed by atoms with Crippen LogP contribution in [0.5, 0.6) is 17.2 Å². The molecule has 20 nitrogen and oxygen atoms in total. The lowest BCUT2D eigenvalue weighted by Crippen LogP contribution is -2.14. The number of hydrogen-bond acceptors (Lipinski definition) is 17. The number of nitrogens with zero attached hydrogens (tertiary/aromatic N) is 7. The van der Waals surface area contributed by atoms with Crippen molar-refractivity contribution in [2.75, 3.05) is 37.9 Å². The molecule has 0 aliphatic heterocycles. The highest BCUT2D eigenvalue weighted by Gasteiger charge is 2.20. The van der Waals surface area contributed by atoms with Crippen LogP contribution < -0.4 is 19.5 Å². The maximum atomic E-state index is 12.0. The predicted octanol–water partition coefficient (Wildman–Crippen LogP) is 9.74. The summed E-state index contributed by atoms with van der Waals surface area (Å²) >= 11 is 13.5. The summed E-state index contributed by atoms with van der Waals surface area (Å²) in [4.78, 5) is 25.1. The van der Waals surface area contributed by atoms with Crippen LogP contribution in [0.25, 0.3) is 0 Å². The molecule has 0 atom stereocenters. The highest BCUT2D eigenvalue weighted by atomic mass is 35.5. The van der Waals surface area contributed by atoms with E-state index in [1.54, 1.807) is 48.5 Å². The summed E-state index contributed by atoms with van der Waals surface area (Å²) in [7, 11) is -7.76. The lowest BCUT2D eigenvalue weighted by molar-refractivity contribution is 0.0696. The second-order valence-corrected chi connectivity index (χ2v) is 19.0. The van der Waals surface area contributed by atoms with Gasteiger partial charge in [-0.25, -0.2) is 9.78 Å². The van der Waals surface area contributed by atoms with Gasteiger partial charge in [0.05, 0.1) is 59.7 Å². The largest absolute Gasteiger partial charge is 0.495 e. The summed E-state index contributed by atoms with van der Waals surface area (Å²) in [5, 5.41) is 39.2. The molecule has 6 rings (SSSR count). The minimum atomic E-state index is -4.69. The number of azo groups is 2. The second kappa shape index (κ2) is 24.3. The number of carboxylic acid groups (broad SMARTS) is 1. The van der Waals surface area contributed by atoms with Crippen LogP contribution >= 0.6 is 23.2 Å². The number of hydrogen-bond donors (Lipinski definition) is 5. The van der Waals surface area contributed by atoms with E-state index in [9.17, 15) is 40.9 Å². The Balaban J connectivity index is 1.36. The fourth-order valence-corrected chi connectivity index (χ4v) is 8.11. The highest BCUT2D eigenvalue weighted by Crippen LogP contribution is 2.38. The van der Waals surface area contributed by atoms with Crippen LogP contribution in [0.15, 0.2) is 116 Å². The van der Waals surface area contributed by atoms with Crippen molar-refractivity contribution in [1.82, 2.24) is 15.0 Å². The van der Waals surface area contributed by atoms with E-state index in [2.05, 4.69) is 25.8 Å². The topological polar surface area (TPSA) is 294 Å². The molecule has 1 aromatic heterocycles. The van der Waals surface area contributed by atoms with E-state index in [0.29, 0.717) is 60.1 Å². The molecule has 6 aromatic rings. The Labute approximate surface area is 413 Å². The lowest BCUT2D eigenvalue weighted by Gasteiger charge is -2.15. The van der Waals surface area contributed by atoms with Gasteiger partial charge in [-0.3, -0.25) is 9.11 Å². The summed E-state index contributed by atoms with van der Waals surface area (Å²) < 4.78 is 83.3. The smallest absolute Gasteiger partial charge is 0.335 e. The van der Waals surface area contributed by atoms with Crippen molar-refractivity contribution in [2.45, 2.75) is 50.5 Å². The second-order valence-electron chi connectivity index (χ2n) is 15.2. The monoisotopic (exact) mass is 1040 g/mol. The molecular weight excluding hydrogens is 992 g/mol. The molecule has 24 heteroatoms. The number of nitrogens with one attached hydrogen (secondary N) is 1. The van der Waals surface area contributed by atoms with E-state index in [1.165, 1.54) is 43.5 Å². The molecule has 5 N–H and O–H groups in total. The number of halogens is 2. The fourth-order valence-electron chi connectivity index (χ4n) is 6.50. The molecule has 1 heterocycles. The Morgan fingerprint density at radius 2 is 1.26 bits per heavy atom. The van der Waals surface area contributed by atoms with E-state index < -0.39 is 36.9 Å². The van der Waals surface area contributed by atoms with Crippen molar-refractivity contribution >= 4 is 78.1 Å². The molecule has 5 aromatic carbocycles. The van der Waals surface area contributed by atoms with Gasteiger partial charge in [-0.1, -0.05) is 54.4 Å². The maximum absolute atomic E-state index is 12.0. The molecule has 0 aliphatic carbocycles. The molecule has 0 unspecified atom stereocenters. The molecule has 0 aliphatic rings. The minimum Gasteiger partial charge on any atom is -0.495 e. The van der Waals surface area contributed by atoms with E-state index >= 15 is 0 Å². The third-order valence-electron chi connectivity index (χ3n) is 9.94. The number of aromatic nitrogens is 3. The third kappa shape index (κ3) is 15.4. The minimum absolute atomic E-state index is 0.0212. The van der Waals surface area contributed by atoms with Crippen LogP contribution in [-0.4, -0.2) is 89.7 Å². The zero-order chi connectivity index (χ0) is 50.4. The molecule has 0 radical (unpaired) electrons. The van der Waals surface area contributed by atoms with Crippen molar-refractivity contribution in [3.8, 4) is 17.2 Å². The fraction of sp³-hybridized carbons (Fsp3) is 0.261. The van der Waals surface area contributed by atoms with Crippen LogP contribution in [0.3, 0.4) is 0 Å². The van der Waals surface area contributed by atoms with Gasteiger partial charge in [0.2, 0.25) is 5.95 Å². The molecule has 0 saturated heterocycles. The van der Waals surface area contributed by atoms with Crippen molar-refractivity contribution in [1.29, 1.82) is 0 Å². The van der Waals surface area contributed by atoms with Gasteiger partial charge in [0.1, 0.15) is 45.2 Å². The van der Waals surface area contributed by atoms with Crippen LogP contribution in [0.4, 0.5) is 28.7 Å². The lowest BCUT2D eigenvalue weighted by atomic mass is 10.1. The Hall–Kier alpha value is -6.66. The number of carboxylic acids is 1. The standard InChI is InChI=1S/C46H46Cl2N8O12S2/c1-3-17-67-40-25-37(55-53-33-11-7-29(27-57)8-12-33)35(47)20-31(40)22-43-50-44(52-46(51-43)49-16-15-28-5-9-30(10-6-28)45(58)59)23-32-21-36(48)38(26-41(32)68-18-4-19-69(60,61)62)56-54-34-13-14-39(66-2)42(24-34)70(63,64)65/h5-14,20-21,24-26,57H,3-4,15-19,22-23,27H2,1-2H3,(H,58,59)(H,60,61,62)(H,63,64,65)(H,49,50,51,52). The molecule has 70 heavy (non-hydrogen) atoms. The molecule has 0 spiro atoms. The Morgan fingerprint density at radius 1 is 0.700 bits per heavy atom. The number of aliphatic hydroxyl groups is 1. The first-order chi connectivity index (χ1) is 33.4. The van der Waals surface area contributed by atoms with E-state index in [4.69, 9.17) is 52.4 Å². The van der Waals surface area contributed by atoms with Gasteiger partial charge in [0.25, 0.3) is 20.2 Å². The number of methoxy groups -OCH3 is 1. The molecule has 0 fully saturated rings. The van der Waals surface area contributed by atoms with Gasteiger partial charge < -0.3 is 29.7 Å². The van der Waals surface area contributed by atoms with Crippen molar-refractivity contribution in [3.05, 3.63) is 141 Å². The van der Waals surface area contributed by atoms with Crippen LogP contribution in [0, 0.1) is 0 Å². The van der Waals surface area contributed by atoms with Crippen LogP contribution in [0.1, 0.15) is 64.0 Å². The molecular formula is C46H46Cl2N8O12S2. The van der Waals surface area contributed by atoms with Crippen molar-refractivity contribution < 1.29 is 55.2 Å². The van der Waals surface area contributed by atoms with Gasteiger partial charge >= 0.3 is 5.97 Å². The zero-order valence-electron chi connectivity index (χ0n) is 37.5. The summed E-state index contributed by atoms with van der Waals surface area (Å²) in [5.74, 6) is -0.392. The number of rotatable bonds is 24. The number of aliphatic hydroxyl groups excluding tert-OH is 1. The summed E-state index contributed by atoms with van der Waals surface area (Å²) in [6.45, 7) is 2.38. The van der Waals surface area contributed by atoms with Crippen LogP contribution in [0.2, 0.25) is 10.0 Å². The average molecular weight is 1040 g/mol. The average Bonchev–Trinajstić information content (AvgIpc) is 3.32. The molecule has 368 valence electrons. The number of ether oxygens (including phenoxy) is 3. The van der Waals surface area contributed by atoms with Crippen molar-refractivity contribution in [2.24, 2.45) is 20.5 Å². The molecule has 0 amide bonds. The van der Waals surface area contributed by atoms with Crippen molar-refractivity contribution in [3.63, 3.8) is 0 Å². The summed E-state index contributed by atoms with van der Waals surface area (Å²) in [6.07, 6.45) is 1.15. The Morgan fingerprint density at radius 3 is 1.79 bits per heavy atom. The quantitative estimate of drug-likeness (QED) is 0.0214. The van der Waals surface area contributed by atoms with Gasteiger partial charge in [0.15, 0.2) is 0 Å². The van der Waals surface area contributed by atoms with Gasteiger partial charge in [0, 0.05) is 42.6 Å². The SMILES string of the molecule is CCCOc1cc(N=Nc2ccc(CO)cc2)c(Cl)cc1Cc1nc(Cc2cc(Cl)c(N=Nc3ccc(OC)c(S(=O)(=O)O)c3)cc2OCCCS(=O)(=O)O)nc(NCCc2ccc(C(=O)O)cc2)n1. The third-order valence-corrected chi connectivity index (χ3v) is 12.2. The molecule has 0 saturated carbocycles. The Bertz CT molecular complexity index is 3110. The Kier molecular flexibility index (Phi) is 18.3.